The van der Waals surface area contributed by atoms with Gasteiger partial charge in [-0.15, -0.1) is 0 Å². The molecule has 170 valence electrons. The van der Waals surface area contributed by atoms with Gasteiger partial charge in [-0.2, -0.15) is 0 Å². The summed E-state index contributed by atoms with van der Waals surface area (Å²) < 4.78 is 22.9. The van der Waals surface area contributed by atoms with Gasteiger partial charge < -0.3 is 14.4 Å². The minimum Gasteiger partial charge on any atom is -0.497 e. The molecule has 0 atom stereocenters. The highest BCUT2D eigenvalue weighted by atomic mass is 19.1. The fourth-order valence-electron chi connectivity index (χ4n) is 3.78. The maximum Gasteiger partial charge on any atom is 0.315 e. The van der Waals surface area contributed by atoms with Crippen LogP contribution in [-0.4, -0.2) is 32.1 Å². The van der Waals surface area contributed by atoms with Gasteiger partial charge in [-0.1, -0.05) is 30.3 Å². The molecule has 0 aliphatic carbocycles. The van der Waals surface area contributed by atoms with Crippen LogP contribution >= 0.6 is 0 Å². The molecule has 4 rings (SSSR count). The first-order valence-corrected chi connectivity index (χ1v) is 10.4. The zero-order valence-electron chi connectivity index (χ0n) is 18.8. The monoisotopic (exact) mass is 449 g/mol. The zero-order chi connectivity index (χ0) is 23.9. The number of halogens is 1. The van der Waals surface area contributed by atoms with Crippen molar-refractivity contribution in [3.8, 4) is 16.9 Å². The van der Waals surface area contributed by atoms with Crippen molar-refractivity contribution >= 4 is 11.7 Å². The van der Waals surface area contributed by atoms with Crippen LogP contribution in [0.15, 0.2) is 59.5 Å². The van der Waals surface area contributed by atoms with Crippen LogP contribution in [-0.2, 0) is 16.8 Å². The summed E-state index contributed by atoms with van der Waals surface area (Å²) >= 11 is 0. The third-order valence-electron chi connectivity index (χ3n) is 5.95. The molecule has 0 spiro atoms. The number of fused-ring (bicyclic) bond motifs is 1. The SMILES string of the molecule is COc1cccc(-c2c(C)n(Cc3ccccc3F)c3nc(C(C)(C)C(=O)O)cn3c2=O)c1. The second kappa shape index (κ2) is 8.20. The van der Waals surface area contributed by atoms with E-state index in [0.717, 1.165) is 0 Å². The highest BCUT2D eigenvalue weighted by molar-refractivity contribution is 5.80. The first kappa shape index (κ1) is 22.3. The molecule has 33 heavy (non-hydrogen) atoms. The first-order valence-electron chi connectivity index (χ1n) is 10.4. The number of hydrogen-bond donors (Lipinski definition) is 1. The standard InChI is InChI=1S/C25H24FN3O4/c1-15-21(16-9-7-10-18(12-16)33-4)22(30)29-14-20(25(2,3)23(31)32)27-24(29)28(15)13-17-8-5-6-11-19(17)26/h5-12,14H,13H2,1-4H3,(H,31,32). The number of benzene rings is 2. The summed E-state index contributed by atoms with van der Waals surface area (Å²) in [6.45, 7) is 4.94. The van der Waals surface area contributed by atoms with Gasteiger partial charge in [0.15, 0.2) is 0 Å². The van der Waals surface area contributed by atoms with Gasteiger partial charge in [0.05, 0.1) is 24.9 Å². The number of imidazole rings is 1. The van der Waals surface area contributed by atoms with E-state index in [1.165, 1.54) is 30.5 Å². The van der Waals surface area contributed by atoms with Gasteiger partial charge in [0, 0.05) is 17.5 Å². The average Bonchev–Trinajstić information content (AvgIpc) is 3.24. The smallest absolute Gasteiger partial charge is 0.315 e. The normalized spacial score (nSPS) is 11.7. The molecule has 0 saturated carbocycles. The predicted molar refractivity (Wildman–Crippen MR) is 122 cm³/mol. The number of rotatable bonds is 6. The molecule has 0 bridgehead atoms. The first-order chi connectivity index (χ1) is 15.6. The molecule has 0 amide bonds. The van der Waals surface area contributed by atoms with Crippen molar-refractivity contribution in [3.05, 3.63) is 87.9 Å². The molecule has 2 aromatic heterocycles. The van der Waals surface area contributed by atoms with Crippen LogP contribution in [0.4, 0.5) is 4.39 Å². The average molecular weight is 449 g/mol. The summed E-state index contributed by atoms with van der Waals surface area (Å²) in [6.07, 6.45) is 1.45. The Kier molecular flexibility index (Phi) is 5.53. The van der Waals surface area contributed by atoms with Crippen LogP contribution in [0, 0.1) is 12.7 Å². The molecule has 0 saturated heterocycles. The summed E-state index contributed by atoms with van der Waals surface area (Å²) in [5, 5.41) is 9.68. The quantitative estimate of drug-likeness (QED) is 0.480. The van der Waals surface area contributed by atoms with Gasteiger partial charge in [-0.25, -0.2) is 9.37 Å². The predicted octanol–water partition coefficient (Wildman–Crippen LogP) is 4.03. The van der Waals surface area contributed by atoms with E-state index in [1.807, 2.05) is 0 Å². The molecule has 0 fully saturated rings. The molecular weight excluding hydrogens is 425 g/mol. The number of nitrogens with zero attached hydrogens (tertiary/aromatic N) is 3. The lowest BCUT2D eigenvalue weighted by Crippen LogP contribution is -2.28. The van der Waals surface area contributed by atoms with Gasteiger partial charge in [0.25, 0.3) is 5.56 Å². The molecule has 8 heteroatoms. The van der Waals surface area contributed by atoms with Gasteiger partial charge in [-0.3, -0.25) is 14.0 Å². The lowest BCUT2D eigenvalue weighted by Gasteiger charge is -2.17. The fourth-order valence-corrected chi connectivity index (χ4v) is 3.78. The molecule has 2 aromatic carbocycles. The van der Waals surface area contributed by atoms with Crippen molar-refractivity contribution in [3.63, 3.8) is 0 Å². The van der Waals surface area contributed by atoms with E-state index < -0.39 is 11.4 Å². The maximum absolute atomic E-state index is 14.5. The Balaban J connectivity index is 2.06. The van der Waals surface area contributed by atoms with E-state index in [1.54, 1.807) is 61.1 Å². The third-order valence-corrected chi connectivity index (χ3v) is 5.95. The molecule has 2 heterocycles. The summed E-state index contributed by atoms with van der Waals surface area (Å²) in [4.78, 5) is 29.9. The number of ether oxygens (including phenoxy) is 1. The number of aliphatic carboxylic acids is 1. The van der Waals surface area contributed by atoms with Gasteiger partial charge in [-0.05, 0) is 44.5 Å². The van der Waals surface area contributed by atoms with Crippen molar-refractivity contribution in [1.29, 1.82) is 0 Å². The molecule has 1 N–H and O–H groups in total. The Hall–Kier alpha value is -3.94. The van der Waals surface area contributed by atoms with Crippen molar-refractivity contribution in [1.82, 2.24) is 14.0 Å². The second-order valence-corrected chi connectivity index (χ2v) is 8.40. The van der Waals surface area contributed by atoms with E-state index in [-0.39, 0.29) is 29.4 Å². The van der Waals surface area contributed by atoms with Crippen LogP contribution in [0.5, 0.6) is 5.75 Å². The Morgan fingerprint density at radius 2 is 1.91 bits per heavy atom. The van der Waals surface area contributed by atoms with Crippen LogP contribution in [0.3, 0.4) is 0 Å². The van der Waals surface area contributed by atoms with Crippen LogP contribution in [0.25, 0.3) is 16.9 Å². The van der Waals surface area contributed by atoms with Crippen molar-refractivity contribution in [2.75, 3.05) is 7.11 Å². The highest BCUT2D eigenvalue weighted by Crippen LogP contribution is 2.28. The molecule has 0 aliphatic heterocycles. The Morgan fingerprint density at radius 1 is 1.18 bits per heavy atom. The van der Waals surface area contributed by atoms with Crippen molar-refractivity contribution in [2.45, 2.75) is 32.7 Å². The Bertz CT molecular complexity index is 1440. The Morgan fingerprint density at radius 3 is 2.58 bits per heavy atom. The molecule has 7 nitrogen and oxygen atoms in total. The van der Waals surface area contributed by atoms with Crippen LogP contribution in [0.2, 0.25) is 0 Å². The second-order valence-electron chi connectivity index (χ2n) is 8.40. The van der Waals surface area contributed by atoms with Crippen molar-refractivity contribution < 1.29 is 19.0 Å². The van der Waals surface area contributed by atoms with Gasteiger partial charge in [0.1, 0.15) is 17.0 Å². The molecule has 0 radical (unpaired) electrons. The number of carboxylic acids is 1. The number of hydrogen-bond acceptors (Lipinski definition) is 4. The number of carboxylic acid groups (broad SMARTS) is 1. The summed E-state index contributed by atoms with van der Waals surface area (Å²) in [7, 11) is 1.54. The molecule has 4 aromatic rings. The number of aromatic nitrogens is 3. The summed E-state index contributed by atoms with van der Waals surface area (Å²) in [5.41, 5.74) is 0.595. The zero-order valence-corrected chi connectivity index (χ0v) is 18.8. The van der Waals surface area contributed by atoms with E-state index in [9.17, 15) is 19.1 Å². The van der Waals surface area contributed by atoms with Crippen molar-refractivity contribution in [2.24, 2.45) is 0 Å². The fraction of sp³-hybridized carbons (Fsp3) is 0.240. The molecule has 0 unspecified atom stereocenters. The van der Waals surface area contributed by atoms with E-state index >= 15 is 0 Å². The third kappa shape index (κ3) is 3.77. The molecular formula is C25H24FN3O4. The van der Waals surface area contributed by atoms with E-state index in [2.05, 4.69) is 4.98 Å². The van der Waals surface area contributed by atoms with E-state index in [4.69, 9.17) is 4.74 Å². The minimum atomic E-state index is -1.32. The van der Waals surface area contributed by atoms with Gasteiger partial charge >= 0.3 is 5.97 Å². The molecule has 0 aliphatic rings. The van der Waals surface area contributed by atoms with Crippen LogP contribution in [0.1, 0.15) is 30.8 Å². The van der Waals surface area contributed by atoms with E-state index in [0.29, 0.717) is 28.1 Å². The number of methoxy groups -OCH3 is 1. The maximum atomic E-state index is 14.5. The topological polar surface area (TPSA) is 85.8 Å². The summed E-state index contributed by atoms with van der Waals surface area (Å²) in [5.74, 6) is -0.611. The lowest BCUT2D eigenvalue weighted by atomic mass is 9.90. The largest absolute Gasteiger partial charge is 0.497 e. The highest BCUT2D eigenvalue weighted by Gasteiger charge is 2.33. The minimum absolute atomic E-state index is 0.114. The lowest BCUT2D eigenvalue weighted by molar-refractivity contribution is -0.142. The van der Waals surface area contributed by atoms with Gasteiger partial charge in [0.2, 0.25) is 5.78 Å². The summed E-state index contributed by atoms with van der Waals surface area (Å²) in [6, 6.07) is 13.5. The number of carbonyl (C=O) groups is 1. The van der Waals surface area contributed by atoms with Crippen LogP contribution < -0.4 is 10.3 Å². The Labute approximate surface area is 189 Å².